The van der Waals surface area contributed by atoms with E-state index in [4.69, 9.17) is 16.3 Å². The maximum Gasteiger partial charge on any atom is 0.224 e. The van der Waals surface area contributed by atoms with Crippen molar-refractivity contribution < 1.29 is 9.53 Å². The van der Waals surface area contributed by atoms with Gasteiger partial charge < -0.3 is 15.0 Å². The number of para-hydroxylation sites is 1. The number of amides is 1. The van der Waals surface area contributed by atoms with Crippen LogP contribution < -0.4 is 15.0 Å². The minimum absolute atomic E-state index is 0.00869. The summed E-state index contributed by atoms with van der Waals surface area (Å²) >= 11 is 6.16. The Kier molecular flexibility index (Phi) is 6.44. The van der Waals surface area contributed by atoms with E-state index in [1.807, 2.05) is 60.7 Å². The van der Waals surface area contributed by atoms with Crippen LogP contribution in [0, 0.1) is 5.92 Å². The highest BCUT2D eigenvalue weighted by atomic mass is 35.5. The molecule has 0 atom stereocenters. The number of piperidine rings is 1. The van der Waals surface area contributed by atoms with Crippen LogP contribution in [0.3, 0.4) is 0 Å². The van der Waals surface area contributed by atoms with Crippen LogP contribution in [0.5, 0.6) is 11.6 Å². The highest BCUT2D eigenvalue weighted by molar-refractivity contribution is 6.31. The average Bonchev–Trinajstić information content (AvgIpc) is 2.79. The van der Waals surface area contributed by atoms with Gasteiger partial charge in [-0.1, -0.05) is 48.0 Å². The second kappa shape index (κ2) is 9.59. The fourth-order valence-electron chi connectivity index (χ4n) is 3.51. The molecule has 0 bridgehead atoms. The van der Waals surface area contributed by atoms with Crippen LogP contribution in [-0.4, -0.2) is 29.0 Å². The van der Waals surface area contributed by atoms with E-state index < -0.39 is 0 Å². The normalized spacial score (nSPS) is 14.4. The lowest BCUT2D eigenvalue weighted by Gasteiger charge is -2.32. The van der Waals surface area contributed by atoms with Crippen molar-refractivity contribution in [1.82, 2.24) is 15.3 Å². The molecule has 6 nitrogen and oxygen atoms in total. The van der Waals surface area contributed by atoms with Crippen molar-refractivity contribution in [3.63, 3.8) is 0 Å². The van der Waals surface area contributed by atoms with E-state index in [0.717, 1.165) is 43.1 Å². The molecule has 1 aromatic heterocycles. The van der Waals surface area contributed by atoms with Crippen molar-refractivity contribution in [2.75, 3.05) is 18.0 Å². The predicted octanol–water partition coefficient (Wildman–Crippen LogP) is 4.46. The van der Waals surface area contributed by atoms with E-state index in [9.17, 15) is 4.79 Å². The summed E-state index contributed by atoms with van der Waals surface area (Å²) in [5.74, 6) is 2.11. The molecular formula is C23H23ClN4O2. The molecule has 0 saturated carbocycles. The van der Waals surface area contributed by atoms with Crippen molar-refractivity contribution in [2.24, 2.45) is 5.92 Å². The van der Waals surface area contributed by atoms with Crippen LogP contribution in [0.2, 0.25) is 5.02 Å². The highest BCUT2D eigenvalue weighted by Crippen LogP contribution is 2.26. The van der Waals surface area contributed by atoms with Crippen molar-refractivity contribution >= 4 is 23.3 Å². The molecule has 1 fully saturated rings. The number of carbonyl (C=O) groups excluding carboxylic acids is 1. The Morgan fingerprint density at radius 1 is 1.07 bits per heavy atom. The van der Waals surface area contributed by atoms with Crippen LogP contribution in [0.4, 0.5) is 5.82 Å². The van der Waals surface area contributed by atoms with Gasteiger partial charge in [-0.2, -0.15) is 0 Å². The zero-order valence-corrected chi connectivity index (χ0v) is 17.3. The van der Waals surface area contributed by atoms with Crippen LogP contribution in [0.15, 0.2) is 67.0 Å². The van der Waals surface area contributed by atoms with E-state index in [2.05, 4.69) is 20.2 Å². The van der Waals surface area contributed by atoms with Crippen LogP contribution in [-0.2, 0) is 11.3 Å². The molecule has 3 aromatic rings. The van der Waals surface area contributed by atoms with Gasteiger partial charge in [-0.15, -0.1) is 0 Å². The van der Waals surface area contributed by atoms with Gasteiger partial charge in [0, 0.05) is 36.6 Å². The lowest BCUT2D eigenvalue weighted by molar-refractivity contribution is -0.125. The molecule has 1 aliphatic rings. The predicted molar refractivity (Wildman–Crippen MR) is 117 cm³/mol. The largest absolute Gasteiger partial charge is 0.439 e. The molecule has 154 valence electrons. The topological polar surface area (TPSA) is 67.4 Å². The quantitative estimate of drug-likeness (QED) is 0.635. The summed E-state index contributed by atoms with van der Waals surface area (Å²) < 4.78 is 5.80. The maximum atomic E-state index is 12.6. The van der Waals surface area contributed by atoms with Crippen molar-refractivity contribution in [3.05, 3.63) is 77.6 Å². The van der Waals surface area contributed by atoms with E-state index in [-0.39, 0.29) is 11.8 Å². The molecule has 1 aliphatic heterocycles. The summed E-state index contributed by atoms with van der Waals surface area (Å²) in [5.41, 5.74) is 0.928. The Balaban J connectivity index is 1.30. The third-order valence-corrected chi connectivity index (χ3v) is 5.56. The number of rotatable bonds is 6. The van der Waals surface area contributed by atoms with E-state index in [1.54, 1.807) is 0 Å². The second-order valence-corrected chi connectivity index (χ2v) is 7.61. The minimum atomic E-state index is -0.00869. The fourth-order valence-corrected chi connectivity index (χ4v) is 3.71. The molecule has 30 heavy (non-hydrogen) atoms. The van der Waals surface area contributed by atoms with Gasteiger partial charge in [-0.05, 0) is 36.6 Å². The third kappa shape index (κ3) is 5.07. The first kappa shape index (κ1) is 20.2. The number of carbonyl (C=O) groups is 1. The van der Waals surface area contributed by atoms with Crippen LogP contribution in [0.25, 0.3) is 0 Å². The highest BCUT2D eigenvalue weighted by Gasteiger charge is 2.25. The zero-order chi connectivity index (χ0) is 20.8. The first-order chi connectivity index (χ1) is 14.7. The lowest BCUT2D eigenvalue weighted by atomic mass is 9.96. The number of anilines is 1. The van der Waals surface area contributed by atoms with Gasteiger partial charge in [0.2, 0.25) is 11.8 Å². The maximum absolute atomic E-state index is 12.6. The number of nitrogens with zero attached hydrogens (tertiary/aromatic N) is 3. The molecular weight excluding hydrogens is 400 g/mol. The summed E-state index contributed by atoms with van der Waals surface area (Å²) in [6.45, 7) is 1.96. The lowest BCUT2D eigenvalue weighted by Crippen LogP contribution is -2.40. The number of nitrogens with one attached hydrogen (secondary N) is 1. The van der Waals surface area contributed by atoms with Gasteiger partial charge in [-0.3, -0.25) is 4.79 Å². The zero-order valence-electron chi connectivity index (χ0n) is 16.5. The Morgan fingerprint density at radius 3 is 2.57 bits per heavy atom. The SMILES string of the molecule is O=C(NCc1ccccc1Cl)C1CCN(c2cc(Oc3ccccc3)ncn2)CC1. The molecule has 4 rings (SSSR count). The Labute approximate surface area is 180 Å². The van der Waals surface area contributed by atoms with Gasteiger partial charge in [-0.25, -0.2) is 9.97 Å². The fraction of sp³-hybridized carbons (Fsp3) is 0.261. The molecule has 0 aliphatic carbocycles. The number of benzene rings is 2. The van der Waals surface area contributed by atoms with Crippen LogP contribution >= 0.6 is 11.6 Å². The number of halogens is 1. The van der Waals surface area contributed by atoms with Crippen LogP contribution in [0.1, 0.15) is 18.4 Å². The summed E-state index contributed by atoms with van der Waals surface area (Å²) in [5, 5.41) is 3.68. The third-order valence-electron chi connectivity index (χ3n) is 5.19. The number of hydrogen-bond acceptors (Lipinski definition) is 5. The second-order valence-electron chi connectivity index (χ2n) is 7.20. The van der Waals surface area contributed by atoms with Gasteiger partial charge in [0.1, 0.15) is 17.9 Å². The minimum Gasteiger partial charge on any atom is -0.439 e. The number of ether oxygens (including phenoxy) is 1. The Hall–Kier alpha value is -3.12. The molecule has 7 heteroatoms. The molecule has 1 N–H and O–H groups in total. The van der Waals surface area contributed by atoms with Crippen molar-refractivity contribution in [3.8, 4) is 11.6 Å². The Morgan fingerprint density at radius 2 is 1.80 bits per heavy atom. The molecule has 1 saturated heterocycles. The van der Waals surface area contributed by atoms with E-state index in [0.29, 0.717) is 17.4 Å². The molecule has 2 heterocycles. The first-order valence-electron chi connectivity index (χ1n) is 10.00. The molecule has 1 amide bonds. The summed E-state index contributed by atoms with van der Waals surface area (Å²) in [6, 6.07) is 18.9. The van der Waals surface area contributed by atoms with E-state index >= 15 is 0 Å². The number of aromatic nitrogens is 2. The van der Waals surface area contributed by atoms with Crippen molar-refractivity contribution in [2.45, 2.75) is 19.4 Å². The smallest absolute Gasteiger partial charge is 0.224 e. The monoisotopic (exact) mass is 422 g/mol. The Bertz CT molecular complexity index is 991. The molecule has 2 aromatic carbocycles. The number of hydrogen-bond donors (Lipinski definition) is 1. The molecule has 0 spiro atoms. The summed E-state index contributed by atoms with van der Waals surface area (Å²) in [6.07, 6.45) is 3.05. The summed E-state index contributed by atoms with van der Waals surface area (Å²) in [4.78, 5) is 23.3. The van der Waals surface area contributed by atoms with Gasteiger partial charge >= 0.3 is 0 Å². The molecule has 0 unspecified atom stereocenters. The van der Waals surface area contributed by atoms with Crippen molar-refractivity contribution in [1.29, 1.82) is 0 Å². The van der Waals surface area contributed by atoms with E-state index in [1.165, 1.54) is 6.33 Å². The standard InChI is InChI=1S/C23H23ClN4O2/c24-20-9-5-4-6-18(20)15-25-23(29)17-10-12-28(13-11-17)21-14-22(27-16-26-21)30-19-7-2-1-3-8-19/h1-9,14,16-17H,10-13,15H2,(H,25,29). The average molecular weight is 423 g/mol. The molecule has 0 radical (unpaired) electrons. The van der Waals surface area contributed by atoms with Gasteiger partial charge in [0.15, 0.2) is 0 Å². The van der Waals surface area contributed by atoms with Gasteiger partial charge in [0.25, 0.3) is 0 Å². The summed E-state index contributed by atoms with van der Waals surface area (Å²) in [7, 11) is 0. The first-order valence-corrected chi connectivity index (χ1v) is 10.4. The van der Waals surface area contributed by atoms with Gasteiger partial charge in [0.05, 0.1) is 0 Å².